The first-order valence-electron chi connectivity index (χ1n) is 5.29. The molecule has 0 fully saturated rings. The van der Waals surface area contributed by atoms with Gasteiger partial charge in [0.25, 0.3) is 0 Å². The molecule has 3 N–H and O–H groups in total. The molecule has 0 bridgehead atoms. The van der Waals surface area contributed by atoms with Gasteiger partial charge >= 0.3 is 5.97 Å². The highest BCUT2D eigenvalue weighted by Gasteiger charge is 2.16. The number of nitrogen functional groups attached to an aromatic ring is 1. The molecule has 0 aliphatic rings. The van der Waals surface area contributed by atoms with E-state index in [-0.39, 0.29) is 5.56 Å². The molecule has 3 nitrogen and oxygen atoms in total. The monoisotopic (exact) mass is 227 g/mol. The molecule has 0 saturated carbocycles. The average molecular weight is 227 g/mol. The summed E-state index contributed by atoms with van der Waals surface area (Å²) in [6, 6.07) is 12.9. The first kappa shape index (κ1) is 11.2. The van der Waals surface area contributed by atoms with Crippen molar-refractivity contribution in [1.29, 1.82) is 0 Å². The molecule has 2 aromatic carbocycles. The summed E-state index contributed by atoms with van der Waals surface area (Å²) in [5.41, 5.74) is 8.71. The summed E-state index contributed by atoms with van der Waals surface area (Å²) < 4.78 is 0. The Labute approximate surface area is 99.5 Å². The maximum atomic E-state index is 11.3. The van der Waals surface area contributed by atoms with Gasteiger partial charge in [-0.1, -0.05) is 36.4 Å². The molecule has 0 aliphatic heterocycles. The van der Waals surface area contributed by atoms with Crippen molar-refractivity contribution < 1.29 is 9.90 Å². The van der Waals surface area contributed by atoms with Crippen molar-refractivity contribution in [3.8, 4) is 11.1 Å². The lowest BCUT2D eigenvalue weighted by molar-refractivity contribution is 0.0697. The second-order valence-corrected chi connectivity index (χ2v) is 3.87. The van der Waals surface area contributed by atoms with Crippen LogP contribution in [0, 0.1) is 6.92 Å². The van der Waals surface area contributed by atoms with Crippen molar-refractivity contribution in [2.24, 2.45) is 0 Å². The number of carboxylic acid groups (broad SMARTS) is 1. The zero-order valence-electron chi connectivity index (χ0n) is 9.47. The van der Waals surface area contributed by atoms with Crippen LogP contribution < -0.4 is 5.73 Å². The summed E-state index contributed by atoms with van der Waals surface area (Å²) in [5, 5.41) is 9.28. The van der Waals surface area contributed by atoms with Gasteiger partial charge in [-0.05, 0) is 29.7 Å². The summed E-state index contributed by atoms with van der Waals surface area (Å²) in [4.78, 5) is 11.3. The smallest absolute Gasteiger partial charge is 0.336 e. The van der Waals surface area contributed by atoms with Crippen molar-refractivity contribution >= 4 is 11.7 Å². The minimum Gasteiger partial charge on any atom is -0.478 e. The van der Waals surface area contributed by atoms with Crippen LogP contribution in [0.1, 0.15) is 15.9 Å². The van der Waals surface area contributed by atoms with Crippen molar-refractivity contribution in [2.45, 2.75) is 6.92 Å². The lowest BCUT2D eigenvalue weighted by atomic mass is 9.95. The van der Waals surface area contributed by atoms with Crippen LogP contribution >= 0.6 is 0 Å². The molecule has 0 atom stereocenters. The molecule has 2 aromatic rings. The number of rotatable bonds is 2. The van der Waals surface area contributed by atoms with Crippen molar-refractivity contribution in [3.05, 3.63) is 53.6 Å². The second-order valence-electron chi connectivity index (χ2n) is 3.87. The maximum absolute atomic E-state index is 11.3. The van der Waals surface area contributed by atoms with E-state index < -0.39 is 5.97 Å². The third-order valence-corrected chi connectivity index (χ3v) is 2.81. The summed E-state index contributed by atoms with van der Waals surface area (Å²) in [6.07, 6.45) is 0. The van der Waals surface area contributed by atoms with Gasteiger partial charge in [0.15, 0.2) is 0 Å². The second kappa shape index (κ2) is 4.29. The zero-order valence-corrected chi connectivity index (χ0v) is 9.47. The largest absolute Gasteiger partial charge is 0.478 e. The van der Waals surface area contributed by atoms with E-state index in [1.165, 1.54) is 0 Å². The van der Waals surface area contributed by atoms with Crippen LogP contribution in [-0.2, 0) is 0 Å². The molecular weight excluding hydrogens is 214 g/mol. The molecule has 0 aromatic heterocycles. The van der Waals surface area contributed by atoms with Crippen LogP contribution in [0.2, 0.25) is 0 Å². The summed E-state index contributed by atoms with van der Waals surface area (Å²) in [5.74, 6) is -0.950. The molecule has 0 radical (unpaired) electrons. The van der Waals surface area contributed by atoms with E-state index >= 15 is 0 Å². The first-order valence-corrected chi connectivity index (χ1v) is 5.29. The molecule has 0 amide bonds. The minimum atomic E-state index is -0.950. The van der Waals surface area contributed by atoms with Gasteiger partial charge in [0.05, 0.1) is 5.56 Å². The lowest BCUT2D eigenvalue weighted by Crippen LogP contribution is -2.05. The number of hydrogen-bond acceptors (Lipinski definition) is 2. The third-order valence-electron chi connectivity index (χ3n) is 2.81. The van der Waals surface area contributed by atoms with E-state index in [0.717, 1.165) is 5.56 Å². The van der Waals surface area contributed by atoms with Gasteiger partial charge < -0.3 is 10.8 Å². The Morgan fingerprint density at radius 3 is 2.35 bits per heavy atom. The van der Waals surface area contributed by atoms with Crippen LogP contribution in [-0.4, -0.2) is 11.1 Å². The Balaban J connectivity index is 2.71. The van der Waals surface area contributed by atoms with Crippen molar-refractivity contribution in [3.63, 3.8) is 0 Å². The molecule has 17 heavy (non-hydrogen) atoms. The normalized spacial score (nSPS) is 10.2. The van der Waals surface area contributed by atoms with Crippen molar-refractivity contribution in [1.82, 2.24) is 0 Å². The fraction of sp³-hybridized carbons (Fsp3) is 0.0714. The van der Waals surface area contributed by atoms with Crippen LogP contribution in [0.5, 0.6) is 0 Å². The van der Waals surface area contributed by atoms with E-state index in [0.29, 0.717) is 16.8 Å². The van der Waals surface area contributed by atoms with Crippen LogP contribution in [0.4, 0.5) is 5.69 Å². The molecule has 0 spiro atoms. The first-order chi connectivity index (χ1) is 8.11. The summed E-state index contributed by atoms with van der Waals surface area (Å²) in [7, 11) is 0. The van der Waals surface area contributed by atoms with Gasteiger partial charge in [-0.3, -0.25) is 0 Å². The highest BCUT2D eigenvalue weighted by molar-refractivity contribution is 5.99. The fourth-order valence-electron chi connectivity index (χ4n) is 1.86. The molecule has 0 unspecified atom stereocenters. The van der Waals surface area contributed by atoms with Crippen LogP contribution in [0.25, 0.3) is 11.1 Å². The van der Waals surface area contributed by atoms with Crippen LogP contribution in [0.3, 0.4) is 0 Å². The van der Waals surface area contributed by atoms with E-state index in [4.69, 9.17) is 5.73 Å². The Hall–Kier alpha value is -2.29. The third kappa shape index (κ3) is 1.99. The quantitative estimate of drug-likeness (QED) is 0.775. The number of carbonyl (C=O) groups is 1. The van der Waals surface area contributed by atoms with Gasteiger partial charge in [0.2, 0.25) is 0 Å². The Morgan fingerprint density at radius 1 is 1.12 bits per heavy atom. The predicted molar refractivity (Wildman–Crippen MR) is 68.0 cm³/mol. The molecule has 86 valence electrons. The topological polar surface area (TPSA) is 63.3 Å². The van der Waals surface area contributed by atoms with E-state index in [2.05, 4.69) is 0 Å². The molecule has 0 aliphatic carbocycles. The average Bonchev–Trinajstić information content (AvgIpc) is 2.33. The van der Waals surface area contributed by atoms with Gasteiger partial charge in [0, 0.05) is 5.69 Å². The zero-order chi connectivity index (χ0) is 12.4. The molecule has 3 heteroatoms. The van der Waals surface area contributed by atoms with Gasteiger partial charge in [-0.2, -0.15) is 0 Å². The summed E-state index contributed by atoms with van der Waals surface area (Å²) in [6.45, 7) is 1.73. The Bertz CT molecular complexity index is 562. The molecule has 0 heterocycles. The van der Waals surface area contributed by atoms with Gasteiger partial charge in [0.1, 0.15) is 0 Å². The molecule has 0 saturated heterocycles. The lowest BCUT2D eigenvalue weighted by Gasteiger charge is -2.11. The molecule has 2 rings (SSSR count). The maximum Gasteiger partial charge on any atom is 0.336 e. The number of anilines is 1. The van der Waals surface area contributed by atoms with Gasteiger partial charge in [-0.25, -0.2) is 4.79 Å². The van der Waals surface area contributed by atoms with Crippen molar-refractivity contribution in [2.75, 3.05) is 5.73 Å². The van der Waals surface area contributed by atoms with Crippen LogP contribution in [0.15, 0.2) is 42.5 Å². The number of hydrogen-bond donors (Lipinski definition) is 2. The predicted octanol–water partition coefficient (Wildman–Crippen LogP) is 2.94. The highest BCUT2D eigenvalue weighted by Crippen LogP contribution is 2.29. The van der Waals surface area contributed by atoms with E-state index in [1.807, 2.05) is 30.3 Å². The Kier molecular flexibility index (Phi) is 2.83. The highest BCUT2D eigenvalue weighted by atomic mass is 16.4. The van der Waals surface area contributed by atoms with E-state index in [9.17, 15) is 9.90 Å². The number of aromatic carboxylic acids is 1. The minimum absolute atomic E-state index is 0.274. The summed E-state index contributed by atoms with van der Waals surface area (Å²) >= 11 is 0. The molecular formula is C14H13NO2. The standard InChI is InChI=1S/C14H13NO2/c1-9-12(15)8-7-11(13(9)14(16)17)10-5-3-2-4-6-10/h2-8H,15H2,1H3,(H,16,17). The number of benzene rings is 2. The number of carboxylic acids is 1. The SMILES string of the molecule is Cc1c(N)ccc(-c2ccccc2)c1C(=O)O. The fourth-order valence-corrected chi connectivity index (χ4v) is 1.86. The van der Waals surface area contributed by atoms with Gasteiger partial charge in [-0.15, -0.1) is 0 Å². The number of nitrogens with two attached hydrogens (primary N) is 1. The van der Waals surface area contributed by atoms with E-state index in [1.54, 1.807) is 19.1 Å². The Morgan fingerprint density at radius 2 is 1.76 bits per heavy atom.